The molecular weight excluding hydrogens is 376 g/mol. The molecule has 0 saturated heterocycles. The van der Waals surface area contributed by atoms with Crippen molar-refractivity contribution in [2.45, 2.75) is 116 Å². The van der Waals surface area contributed by atoms with Gasteiger partial charge in [-0.2, -0.15) is 0 Å². The van der Waals surface area contributed by atoms with Gasteiger partial charge in [0.2, 0.25) is 0 Å². The predicted molar refractivity (Wildman–Crippen MR) is 133 cm³/mol. The molecule has 4 fully saturated rings. The molecule has 4 aliphatic rings. The van der Waals surface area contributed by atoms with E-state index in [0.29, 0.717) is 6.10 Å². The van der Waals surface area contributed by atoms with E-state index in [0.717, 1.165) is 48.0 Å². The smallest absolute Gasteiger partial charge is 0.0575 e. The van der Waals surface area contributed by atoms with E-state index in [2.05, 4.69) is 31.7 Å². The normalized spacial score (nSPS) is 42.5. The van der Waals surface area contributed by atoms with E-state index in [1.165, 1.54) is 103 Å². The van der Waals surface area contributed by atoms with E-state index >= 15 is 0 Å². The summed E-state index contributed by atoms with van der Waals surface area (Å²) in [5.41, 5.74) is 0. The monoisotopic (exact) mass is 426 g/mol. The molecular formula is C30H50O. The lowest BCUT2D eigenvalue weighted by Gasteiger charge is -2.41. The Bertz CT molecular complexity index is 533. The summed E-state index contributed by atoms with van der Waals surface area (Å²) in [6, 6.07) is 0. The second-order valence-corrected chi connectivity index (χ2v) is 11.6. The summed E-state index contributed by atoms with van der Waals surface area (Å²) >= 11 is 0. The zero-order chi connectivity index (χ0) is 21.5. The fourth-order valence-corrected chi connectivity index (χ4v) is 7.75. The zero-order valence-corrected chi connectivity index (χ0v) is 20.5. The van der Waals surface area contributed by atoms with Gasteiger partial charge in [-0.05, 0) is 151 Å². The Kier molecular flexibility index (Phi) is 9.18. The van der Waals surface area contributed by atoms with Crippen molar-refractivity contribution in [3.05, 3.63) is 24.8 Å². The highest BCUT2D eigenvalue weighted by Gasteiger charge is 2.34. The van der Waals surface area contributed by atoms with E-state index in [4.69, 9.17) is 4.74 Å². The average Bonchev–Trinajstić information content (AvgIpc) is 2.84. The minimum atomic E-state index is 0.573. The van der Waals surface area contributed by atoms with Gasteiger partial charge in [0.15, 0.2) is 0 Å². The summed E-state index contributed by atoms with van der Waals surface area (Å²) in [7, 11) is 0. The van der Waals surface area contributed by atoms with Gasteiger partial charge >= 0.3 is 0 Å². The number of ether oxygens (including phenoxy) is 1. The molecule has 4 saturated carbocycles. The number of hydrogen-bond donors (Lipinski definition) is 0. The third-order valence-corrected chi connectivity index (χ3v) is 9.89. The van der Waals surface area contributed by atoms with Gasteiger partial charge in [0.1, 0.15) is 0 Å². The molecule has 0 aromatic heterocycles. The molecule has 1 nitrogen and oxygen atoms in total. The van der Waals surface area contributed by atoms with E-state index in [9.17, 15) is 0 Å². The van der Waals surface area contributed by atoms with Crippen LogP contribution in [0.15, 0.2) is 24.8 Å². The lowest BCUT2D eigenvalue weighted by Crippen LogP contribution is -2.31. The molecule has 1 heteroatoms. The largest absolute Gasteiger partial charge is 0.379 e. The topological polar surface area (TPSA) is 9.23 Å². The Morgan fingerprint density at radius 1 is 0.548 bits per heavy atom. The van der Waals surface area contributed by atoms with Gasteiger partial charge in [-0.25, -0.2) is 0 Å². The number of rotatable bonds is 7. The summed E-state index contributed by atoms with van der Waals surface area (Å²) in [6.45, 7) is 7.03. The van der Waals surface area contributed by atoms with Gasteiger partial charge < -0.3 is 4.74 Å². The molecule has 0 atom stereocenters. The van der Waals surface area contributed by atoms with E-state index in [-0.39, 0.29) is 0 Å². The Morgan fingerprint density at radius 2 is 0.903 bits per heavy atom. The summed E-state index contributed by atoms with van der Waals surface area (Å²) in [4.78, 5) is 0. The molecule has 31 heavy (non-hydrogen) atoms. The van der Waals surface area contributed by atoms with Gasteiger partial charge in [0.05, 0.1) is 6.10 Å². The Labute approximate surface area is 193 Å². The lowest BCUT2D eigenvalue weighted by molar-refractivity contribution is 0.0117. The van der Waals surface area contributed by atoms with E-state index < -0.39 is 0 Å². The first kappa shape index (κ1) is 23.6. The highest BCUT2D eigenvalue weighted by Crippen LogP contribution is 2.45. The molecule has 176 valence electrons. The SMILES string of the molecule is C=CC1CCC(/C=C/C2CCC(C3CCC(C4CCC(OCC)CC4)CC3)CC2)CC1. The van der Waals surface area contributed by atoms with Crippen molar-refractivity contribution in [3.8, 4) is 0 Å². The molecule has 0 aliphatic heterocycles. The molecule has 0 N–H and O–H groups in total. The fourth-order valence-electron chi connectivity index (χ4n) is 7.75. The average molecular weight is 427 g/mol. The maximum atomic E-state index is 5.88. The van der Waals surface area contributed by atoms with Crippen molar-refractivity contribution >= 4 is 0 Å². The summed E-state index contributed by atoms with van der Waals surface area (Å²) in [6.07, 6.45) is 31.1. The fraction of sp³-hybridized carbons (Fsp3) is 0.867. The maximum absolute atomic E-state index is 5.88. The third-order valence-electron chi connectivity index (χ3n) is 9.89. The van der Waals surface area contributed by atoms with Crippen LogP contribution in [0.2, 0.25) is 0 Å². The standard InChI is InChI=1S/C30H50O/c1-3-23-5-7-24(8-6-23)9-10-25-11-13-26(14-12-25)27-15-17-28(18-16-27)29-19-21-30(22-20-29)31-4-2/h3,9-10,23-30H,1,4-8,11-22H2,2H3/b10-9+. The molecule has 0 aromatic rings. The predicted octanol–water partition coefficient (Wildman–Crippen LogP) is 8.74. The first-order valence-electron chi connectivity index (χ1n) is 14.2. The third kappa shape index (κ3) is 6.72. The van der Waals surface area contributed by atoms with Gasteiger partial charge in [0, 0.05) is 6.61 Å². The Hall–Kier alpha value is -0.560. The maximum Gasteiger partial charge on any atom is 0.0575 e. The molecule has 0 aromatic carbocycles. The summed E-state index contributed by atoms with van der Waals surface area (Å²) in [5, 5.41) is 0. The van der Waals surface area contributed by atoms with E-state index in [1.54, 1.807) is 0 Å². The number of hydrogen-bond acceptors (Lipinski definition) is 1. The van der Waals surface area contributed by atoms with Crippen molar-refractivity contribution in [1.29, 1.82) is 0 Å². The van der Waals surface area contributed by atoms with Crippen LogP contribution in [-0.2, 0) is 4.74 Å². The molecule has 0 bridgehead atoms. The van der Waals surface area contributed by atoms with Crippen LogP contribution in [0.25, 0.3) is 0 Å². The second kappa shape index (κ2) is 12.1. The number of allylic oxidation sites excluding steroid dienone is 3. The Balaban J connectivity index is 1.12. The molecule has 0 heterocycles. The molecule has 0 radical (unpaired) electrons. The van der Waals surface area contributed by atoms with Gasteiger partial charge in [-0.1, -0.05) is 18.2 Å². The zero-order valence-electron chi connectivity index (χ0n) is 20.5. The molecule has 0 unspecified atom stereocenters. The van der Waals surface area contributed by atoms with Crippen molar-refractivity contribution in [1.82, 2.24) is 0 Å². The lowest BCUT2D eigenvalue weighted by atomic mass is 9.65. The van der Waals surface area contributed by atoms with Crippen LogP contribution < -0.4 is 0 Å². The quantitative estimate of drug-likeness (QED) is 0.370. The molecule has 4 rings (SSSR count). The van der Waals surface area contributed by atoms with Gasteiger partial charge in [-0.3, -0.25) is 0 Å². The molecule has 4 aliphatic carbocycles. The first-order valence-corrected chi connectivity index (χ1v) is 14.2. The highest BCUT2D eigenvalue weighted by molar-refractivity contribution is 4.98. The van der Waals surface area contributed by atoms with Crippen molar-refractivity contribution < 1.29 is 4.74 Å². The van der Waals surface area contributed by atoms with Crippen LogP contribution >= 0.6 is 0 Å². The van der Waals surface area contributed by atoms with Crippen LogP contribution in [0.1, 0.15) is 110 Å². The Morgan fingerprint density at radius 3 is 1.32 bits per heavy atom. The molecule has 0 spiro atoms. The van der Waals surface area contributed by atoms with Crippen LogP contribution in [0, 0.1) is 41.4 Å². The van der Waals surface area contributed by atoms with Crippen LogP contribution in [0.5, 0.6) is 0 Å². The van der Waals surface area contributed by atoms with Crippen LogP contribution in [0.4, 0.5) is 0 Å². The minimum Gasteiger partial charge on any atom is -0.379 e. The van der Waals surface area contributed by atoms with Crippen LogP contribution in [0.3, 0.4) is 0 Å². The van der Waals surface area contributed by atoms with Gasteiger partial charge in [0.25, 0.3) is 0 Å². The van der Waals surface area contributed by atoms with Crippen molar-refractivity contribution in [2.24, 2.45) is 41.4 Å². The first-order chi connectivity index (χ1) is 15.2. The minimum absolute atomic E-state index is 0.573. The summed E-state index contributed by atoms with van der Waals surface area (Å²) < 4.78 is 5.88. The van der Waals surface area contributed by atoms with Crippen molar-refractivity contribution in [2.75, 3.05) is 6.61 Å². The van der Waals surface area contributed by atoms with Crippen molar-refractivity contribution in [3.63, 3.8) is 0 Å². The summed E-state index contributed by atoms with van der Waals surface area (Å²) in [5.74, 6) is 6.67. The highest BCUT2D eigenvalue weighted by atomic mass is 16.5. The van der Waals surface area contributed by atoms with E-state index in [1.807, 2.05) is 0 Å². The molecule has 0 amide bonds. The van der Waals surface area contributed by atoms with Gasteiger partial charge in [-0.15, -0.1) is 6.58 Å². The van der Waals surface area contributed by atoms with Crippen LogP contribution in [-0.4, -0.2) is 12.7 Å². The second-order valence-electron chi connectivity index (χ2n) is 11.6.